The summed E-state index contributed by atoms with van der Waals surface area (Å²) in [5.41, 5.74) is 9.33. The monoisotopic (exact) mass is 507 g/mol. The highest BCUT2D eigenvalue weighted by molar-refractivity contribution is 5.94. The molecular weight excluding hydrogens is 474 g/mol. The van der Waals surface area contributed by atoms with Crippen LogP contribution in [0, 0.1) is 6.92 Å². The van der Waals surface area contributed by atoms with Gasteiger partial charge in [0.25, 0.3) is 0 Å². The van der Waals surface area contributed by atoms with Gasteiger partial charge in [-0.25, -0.2) is 4.79 Å². The lowest BCUT2D eigenvalue weighted by molar-refractivity contribution is 0.0355. The van der Waals surface area contributed by atoms with Gasteiger partial charge in [-0.05, 0) is 31.0 Å². The molecule has 0 bridgehead atoms. The van der Waals surface area contributed by atoms with Gasteiger partial charge >= 0.3 is 6.09 Å². The Morgan fingerprint density at radius 1 is 1.16 bits per heavy atom. The fourth-order valence-corrected chi connectivity index (χ4v) is 3.78. The molecule has 196 valence electrons. The summed E-state index contributed by atoms with van der Waals surface area (Å²) in [5, 5.41) is 13.2. The number of methoxy groups -OCH3 is 1. The number of amides is 1. The molecule has 0 spiro atoms. The van der Waals surface area contributed by atoms with Crippen LogP contribution in [-0.2, 0) is 9.47 Å². The normalized spacial score (nSPS) is 17.2. The SMILES string of the molecule is COc1cccc(NC(=O)OCCCN2NC(N3CCOCC3)=CC(=N/N=C/c3cccc(C)c3)N2)c1. The molecule has 0 saturated carbocycles. The first kappa shape index (κ1) is 26.0. The minimum Gasteiger partial charge on any atom is -0.497 e. The first-order chi connectivity index (χ1) is 18.1. The van der Waals surface area contributed by atoms with E-state index in [0.29, 0.717) is 43.5 Å². The van der Waals surface area contributed by atoms with Crippen LogP contribution >= 0.6 is 0 Å². The number of amidine groups is 1. The van der Waals surface area contributed by atoms with Gasteiger partial charge in [0, 0.05) is 37.5 Å². The van der Waals surface area contributed by atoms with Crippen molar-refractivity contribution in [1.29, 1.82) is 0 Å². The maximum absolute atomic E-state index is 12.1. The fraction of sp³-hybridized carbons (Fsp3) is 0.346. The predicted molar refractivity (Wildman–Crippen MR) is 142 cm³/mol. The Morgan fingerprint density at radius 3 is 2.81 bits per heavy atom. The highest BCUT2D eigenvalue weighted by Crippen LogP contribution is 2.17. The molecule has 0 radical (unpaired) electrons. The number of hydrogen-bond acceptors (Lipinski definition) is 9. The molecule has 2 aromatic rings. The molecule has 0 aliphatic carbocycles. The van der Waals surface area contributed by atoms with Gasteiger partial charge in [-0.1, -0.05) is 35.9 Å². The summed E-state index contributed by atoms with van der Waals surface area (Å²) in [6.07, 6.45) is 3.72. The molecule has 2 aliphatic rings. The molecule has 11 nitrogen and oxygen atoms in total. The second kappa shape index (κ2) is 13.3. The van der Waals surface area contributed by atoms with Gasteiger partial charge in [-0.3, -0.25) is 16.2 Å². The Bertz CT molecular complexity index is 1150. The second-order valence-corrected chi connectivity index (χ2v) is 8.49. The molecule has 3 N–H and O–H groups in total. The van der Waals surface area contributed by atoms with Gasteiger partial charge in [0.2, 0.25) is 0 Å². The molecule has 1 saturated heterocycles. The van der Waals surface area contributed by atoms with Crippen molar-refractivity contribution in [3.63, 3.8) is 0 Å². The van der Waals surface area contributed by atoms with Gasteiger partial charge in [0.05, 0.1) is 33.1 Å². The number of anilines is 1. The lowest BCUT2D eigenvalue weighted by Gasteiger charge is -2.37. The van der Waals surface area contributed by atoms with E-state index in [1.807, 2.05) is 42.4 Å². The van der Waals surface area contributed by atoms with E-state index >= 15 is 0 Å². The summed E-state index contributed by atoms with van der Waals surface area (Å²) in [4.78, 5) is 14.4. The fourth-order valence-electron chi connectivity index (χ4n) is 3.78. The molecular formula is C26H33N7O4. The van der Waals surface area contributed by atoms with Gasteiger partial charge in [-0.15, -0.1) is 10.2 Å². The Balaban J connectivity index is 1.31. The second-order valence-electron chi connectivity index (χ2n) is 8.49. The number of morpholine rings is 1. The summed E-state index contributed by atoms with van der Waals surface area (Å²) >= 11 is 0. The van der Waals surface area contributed by atoms with Crippen molar-refractivity contribution in [1.82, 2.24) is 20.9 Å². The standard InChI is InChI=1S/C26H33N7O4/c1-20-6-3-7-21(16-20)19-27-29-24-18-25(32-11-14-36-15-12-32)31-33(30-24)10-5-13-37-26(34)28-22-8-4-9-23(17-22)35-2/h3-4,6-9,16-19,31H,5,10-15H2,1-2H3,(H,28,34)(H,29,30)/b27-19+. The summed E-state index contributed by atoms with van der Waals surface area (Å²) in [7, 11) is 1.58. The van der Waals surface area contributed by atoms with Crippen LogP contribution < -0.4 is 20.9 Å². The third-order valence-electron chi connectivity index (χ3n) is 5.61. The average molecular weight is 508 g/mol. The smallest absolute Gasteiger partial charge is 0.411 e. The molecule has 2 heterocycles. The number of carbonyl (C=O) groups is 1. The quantitative estimate of drug-likeness (QED) is 0.270. The number of ether oxygens (including phenoxy) is 3. The largest absolute Gasteiger partial charge is 0.497 e. The zero-order chi connectivity index (χ0) is 25.9. The molecule has 0 aromatic heterocycles. The predicted octanol–water partition coefficient (Wildman–Crippen LogP) is 2.87. The van der Waals surface area contributed by atoms with Gasteiger partial charge in [-0.2, -0.15) is 5.10 Å². The summed E-state index contributed by atoms with van der Waals surface area (Å²) in [6, 6.07) is 15.2. The van der Waals surface area contributed by atoms with Crippen molar-refractivity contribution in [2.75, 3.05) is 51.9 Å². The Hall–Kier alpha value is -4.09. The number of benzene rings is 2. The Kier molecular flexibility index (Phi) is 9.33. The number of rotatable bonds is 9. The van der Waals surface area contributed by atoms with E-state index in [2.05, 4.69) is 31.3 Å². The van der Waals surface area contributed by atoms with E-state index in [9.17, 15) is 4.79 Å². The number of carbonyl (C=O) groups excluding carboxylic acids is 1. The van der Waals surface area contributed by atoms with Gasteiger partial charge in [0.1, 0.15) is 11.6 Å². The molecule has 1 amide bonds. The minimum absolute atomic E-state index is 0.240. The van der Waals surface area contributed by atoms with Crippen molar-refractivity contribution in [2.24, 2.45) is 10.2 Å². The number of hydrogen-bond donors (Lipinski definition) is 3. The van der Waals surface area contributed by atoms with Crippen LogP contribution in [0.25, 0.3) is 0 Å². The van der Waals surface area contributed by atoms with E-state index in [1.54, 1.807) is 37.6 Å². The van der Waals surface area contributed by atoms with Crippen LogP contribution in [0.1, 0.15) is 17.5 Å². The Morgan fingerprint density at radius 2 is 2.00 bits per heavy atom. The minimum atomic E-state index is -0.519. The maximum atomic E-state index is 12.1. The van der Waals surface area contributed by atoms with E-state index < -0.39 is 6.09 Å². The molecule has 2 aromatic carbocycles. The number of aryl methyl sites for hydroxylation is 1. The van der Waals surface area contributed by atoms with Crippen LogP contribution in [0.4, 0.5) is 10.5 Å². The van der Waals surface area contributed by atoms with E-state index in [-0.39, 0.29) is 6.61 Å². The maximum Gasteiger partial charge on any atom is 0.411 e. The lowest BCUT2D eigenvalue weighted by Crippen LogP contribution is -2.57. The van der Waals surface area contributed by atoms with Crippen LogP contribution in [0.2, 0.25) is 0 Å². The van der Waals surface area contributed by atoms with Crippen LogP contribution in [0.15, 0.2) is 70.6 Å². The third-order valence-corrected chi connectivity index (χ3v) is 5.61. The van der Waals surface area contributed by atoms with Crippen molar-refractivity contribution in [3.8, 4) is 5.75 Å². The third kappa shape index (κ3) is 8.23. The first-order valence-electron chi connectivity index (χ1n) is 12.2. The van der Waals surface area contributed by atoms with E-state index in [4.69, 9.17) is 14.2 Å². The molecule has 11 heteroatoms. The molecule has 4 rings (SSSR count). The molecule has 0 unspecified atom stereocenters. The lowest BCUT2D eigenvalue weighted by atomic mass is 10.2. The number of nitrogens with zero attached hydrogens (tertiary/aromatic N) is 4. The van der Waals surface area contributed by atoms with Crippen LogP contribution in [0.5, 0.6) is 5.75 Å². The number of hydrazine groups is 2. The summed E-state index contributed by atoms with van der Waals surface area (Å²) in [6.45, 7) is 5.72. The topological polar surface area (TPSA) is 112 Å². The van der Waals surface area contributed by atoms with Crippen LogP contribution in [0.3, 0.4) is 0 Å². The van der Waals surface area contributed by atoms with E-state index in [0.717, 1.165) is 30.0 Å². The molecule has 1 fully saturated rings. The Labute approximate surface area is 216 Å². The zero-order valence-electron chi connectivity index (χ0n) is 21.1. The van der Waals surface area contributed by atoms with Crippen LogP contribution in [-0.4, -0.2) is 74.7 Å². The van der Waals surface area contributed by atoms with E-state index in [1.165, 1.54) is 0 Å². The van der Waals surface area contributed by atoms with Gasteiger partial charge in [0.15, 0.2) is 5.84 Å². The average Bonchev–Trinajstić information content (AvgIpc) is 2.92. The zero-order valence-corrected chi connectivity index (χ0v) is 21.1. The number of nitrogens with one attached hydrogen (secondary N) is 3. The highest BCUT2D eigenvalue weighted by Gasteiger charge is 2.21. The van der Waals surface area contributed by atoms with Crippen molar-refractivity contribution in [3.05, 3.63) is 71.6 Å². The van der Waals surface area contributed by atoms with Crippen molar-refractivity contribution >= 4 is 23.8 Å². The summed E-state index contributed by atoms with van der Waals surface area (Å²) in [5.74, 6) is 2.16. The molecule has 37 heavy (non-hydrogen) atoms. The highest BCUT2D eigenvalue weighted by atomic mass is 16.5. The summed E-state index contributed by atoms with van der Waals surface area (Å²) < 4.78 is 16.0. The first-order valence-corrected chi connectivity index (χ1v) is 12.2. The molecule has 2 aliphatic heterocycles. The van der Waals surface area contributed by atoms with Gasteiger partial charge < -0.3 is 19.1 Å². The van der Waals surface area contributed by atoms with Crippen molar-refractivity contribution in [2.45, 2.75) is 13.3 Å². The van der Waals surface area contributed by atoms with Crippen molar-refractivity contribution < 1.29 is 19.0 Å². The molecule has 0 atom stereocenters.